The van der Waals surface area contributed by atoms with Crippen molar-refractivity contribution in [2.45, 2.75) is 121 Å². The van der Waals surface area contributed by atoms with Crippen LogP contribution in [0.15, 0.2) is 66.6 Å². The zero-order chi connectivity index (χ0) is 45.5. The first-order chi connectivity index (χ1) is 28.8. The second-order valence-electron chi connectivity index (χ2n) is 14.4. The van der Waals surface area contributed by atoms with E-state index in [4.69, 9.17) is 21.3 Å². The number of aliphatic hydroxyl groups is 1. The molecule has 2 aromatic carbocycles. The molecule has 0 saturated carbocycles. The second-order valence-corrected chi connectivity index (χ2v) is 14.8. The highest BCUT2D eigenvalue weighted by atomic mass is 35.5. The van der Waals surface area contributed by atoms with Crippen LogP contribution in [-0.4, -0.2) is 72.0 Å². The third-order valence-corrected chi connectivity index (χ3v) is 11.0. The number of aryl methyl sites for hydroxylation is 1. The summed E-state index contributed by atoms with van der Waals surface area (Å²) in [7, 11) is 4.84. The van der Waals surface area contributed by atoms with E-state index in [2.05, 4.69) is 44.1 Å². The van der Waals surface area contributed by atoms with Gasteiger partial charge in [-0.2, -0.15) is 0 Å². The van der Waals surface area contributed by atoms with E-state index in [1.807, 2.05) is 78.8 Å². The maximum atomic E-state index is 13.2. The predicted octanol–water partition coefficient (Wildman–Crippen LogP) is 11.0. The zero-order valence-electron chi connectivity index (χ0n) is 38.9. The molecule has 3 aromatic rings. The van der Waals surface area contributed by atoms with E-state index in [0.717, 1.165) is 59.5 Å². The maximum Gasteiger partial charge on any atom is 0.266 e. The van der Waals surface area contributed by atoms with Crippen molar-refractivity contribution in [1.82, 2.24) is 20.1 Å². The van der Waals surface area contributed by atoms with E-state index in [1.54, 1.807) is 32.2 Å². The lowest BCUT2D eigenvalue weighted by atomic mass is 9.96. The van der Waals surface area contributed by atoms with Crippen LogP contribution in [0.3, 0.4) is 0 Å². The topological polar surface area (TPSA) is 124 Å². The molecule has 0 bridgehead atoms. The highest BCUT2D eigenvalue weighted by Gasteiger charge is 2.31. The van der Waals surface area contributed by atoms with Crippen LogP contribution in [0, 0.1) is 18.8 Å². The SMILES string of the molecule is C=C1N(CCO)C=C(C(=O)Nc2cccc(-c3cccc(-c4cc5c(c(OC)n4)CCC5)c3Cl)c2C)C(=O)N1C.CC.CC.CCC(C)C(=O)NC.CCCCC(C)CC. The Hall–Kier alpha value is -4.67. The van der Waals surface area contributed by atoms with E-state index in [1.165, 1.54) is 47.9 Å². The summed E-state index contributed by atoms with van der Waals surface area (Å²) < 4.78 is 5.59. The Kier molecular flexibility index (Phi) is 24.9. The van der Waals surface area contributed by atoms with Gasteiger partial charge in [-0.1, -0.05) is 137 Å². The van der Waals surface area contributed by atoms with Gasteiger partial charge >= 0.3 is 0 Å². The molecule has 3 N–H and O–H groups in total. The van der Waals surface area contributed by atoms with Gasteiger partial charge < -0.3 is 25.4 Å². The molecule has 2 heterocycles. The number of aromatic nitrogens is 1. The Morgan fingerprint density at radius 3 is 2.20 bits per heavy atom. The molecule has 1 aliphatic heterocycles. The van der Waals surface area contributed by atoms with E-state index in [-0.39, 0.29) is 30.5 Å². The Morgan fingerprint density at radius 2 is 1.63 bits per heavy atom. The number of benzene rings is 2. The lowest BCUT2D eigenvalue weighted by Crippen LogP contribution is -2.43. The fourth-order valence-electron chi connectivity index (χ4n) is 6.46. The van der Waals surface area contributed by atoms with E-state index in [0.29, 0.717) is 22.4 Å². The first-order valence-corrected chi connectivity index (χ1v) is 22.2. The molecule has 3 amide bonds. The molecule has 11 heteroatoms. The number of halogens is 1. The lowest BCUT2D eigenvalue weighted by Gasteiger charge is -2.34. The minimum absolute atomic E-state index is 0.0511. The van der Waals surface area contributed by atoms with Gasteiger partial charge in [-0.15, -0.1) is 0 Å². The number of nitrogens with zero attached hydrogens (tertiary/aromatic N) is 3. The van der Waals surface area contributed by atoms with Crippen molar-refractivity contribution in [2.24, 2.45) is 11.8 Å². The van der Waals surface area contributed by atoms with Crippen LogP contribution in [0.1, 0.15) is 118 Å². The number of pyridine rings is 1. The average molecular weight is 849 g/mol. The number of anilines is 1. The molecule has 0 saturated heterocycles. The number of fused-ring (bicyclic) bond motifs is 1. The summed E-state index contributed by atoms with van der Waals surface area (Å²) in [5.74, 6) is 1.26. The number of methoxy groups -OCH3 is 1. The summed E-state index contributed by atoms with van der Waals surface area (Å²) in [5, 5.41) is 15.4. The standard InChI is InChI=1S/C31H31ClN4O4.C8H18.C6H13NO.2C2H6/c1-18-21(9-7-13-26(18)33-29(38)25-17-36(14-15-37)19(2)35(3)31(25)39)23-11-6-12-24(28(23)32)27-16-20-8-5-10-22(20)30(34-27)40-4;1-4-6-7-8(3)5-2;1-4-5(2)6(8)7-3;2*1-2/h6-7,9,11-13,16-17,37H,2,5,8,10,14-15H2,1,3-4H3,(H,33,38);8H,4-7H2,1-3H3;5H,4H2,1-3H3,(H,7,8);2*1-2H3. The summed E-state index contributed by atoms with van der Waals surface area (Å²) in [6.07, 6.45) is 10.9. The molecule has 0 spiro atoms. The van der Waals surface area contributed by atoms with Crippen LogP contribution in [0.5, 0.6) is 5.88 Å². The van der Waals surface area contributed by atoms with Crippen molar-refractivity contribution in [1.29, 1.82) is 0 Å². The molecule has 0 radical (unpaired) electrons. The molecular weight excluding hydrogens is 774 g/mol. The highest BCUT2D eigenvalue weighted by Crippen LogP contribution is 2.41. The largest absolute Gasteiger partial charge is 0.481 e. The van der Waals surface area contributed by atoms with Gasteiger partial charge in [0.05, 0.1) is 24.4 Å². The molecule has 10 nitrogen and oxygen atoms in total. The number of ether oxygens (including phenoxy) is 1. The van der Waals surface area contributed by atoms with E-state index < -0.39 is 11.8 Å². The summed E-state index contributed by atoms with van der Waals surface area (Å²) in [4.78, 5) is 44.4. The van der Waals surface area contributed by atoms with Gasteiger partial charge in [-0.25, -0.2) is 4.98 Å². The number of amides is 3. The third-order valence-electron chi connectivity index (χ3n) is 10.6. The van der Waals surface area contributed by atoms with Crippen LogP contribution < -0.4 is 15.4 Å². The van der Waals surface area contributed by atoms with Gasteiger partial charge in [0.15, 0.2) is 0 Å². The van der Waals surface area contributed by atoms with Crippen molar-refractivity contribution >= 4 is 35.0 Å². The van der Waals surface area contributed by atoms with Gasteiger partial charge in [0, 0.05) is 55.1 Å². The number of rotatable bonds is 13. The molecule has 60 heavy (non-hydrogen) atoms. The monoisotopic (exact) mass is 848 g/mol. The number of nitrogens with one attached hydrogen (secondary N) is 2. The van der Waals surface area contributed by atoms with E-state index >= 15 is 0 Å². The van der Waals surface area contributed by atoms with Crippen molar-refractivity contribution in [2.75, 3.05) is 39.7 Å². The minimum atomic E-state index is -0.554. The average Bonchev–Trinajstić information content (AvgIpc) is 3.76. The van der Waals surface area contributed by atoms with Gasteiger partial charge in [0.2, 0.25) is 11.8 Å². The zero-order valence-corrected chi connectivity index (χ0v) is 39.6. The molecule has 2 aliphatic rings. The minimum Gasteiger partial charge on any atom is -0.481 e. The Labute approximate surface area is 366 Å². The first kappa shape index (κ1) is 53.3. The number of carbonyl (C=O) groups is 3. The maximum absolute atomic E-state index is 13.2. The van der Waals surface area contributed by atoms with Crippen LogP contribution in [0.2, 0.25) is 5.02 Å². The summed E-state index contributed by atoms with van der Waals surface area (Å²) in [5.41, 5.74) is 6.89. The summed E-state index contributed by atoms with van der Waals surface area (Å²) >= 11 is 7.01. The molecule has 1 aromatic heterocycles. The number of aliphatic hydroxyl groups excluding tert-OH is 1. The fraction of sp³-hybridized carbons (Fsp3) is 0.510. The molecule has 1 aliphatic carbocycles. The predicted molar refractivity (Wildman–Crippen MR) is 251 cm³/mol. The van der Waals surface area contributed by atoms with Crippen LogP contribution >= 0.6 is 11.6 Å². The smallest absolute Gasteiger partial charge is 0.266 e. The van der Waals surface area contributed by atoms with Crippen LogP contribution in [-0.2, 0) is 27.2 Å². The van der Waals surface area contributed by atoms with E-state index in [9.17, 15) is 19.5 Å². The highest BCUT2D eigenvalue weighted by molar-refractivity contribution is 6.36. The van der Waals surface area contributed by atoms with Crippen LogP contribution in [0.25, 0.3) is 22.4 Å². The number of unbranched alkanes of at least 4 members (excludes halogenated alkanes) is 1. The quantitative estimate of drug-likeness (QED) is 0.146. The molecular formula is C49H74ClN5O5. The second kappa shape index (κ2) is 28.0. The molecule has 2 unspecified atom stereocenters. The molecule has 0 fully saturated rings. The normalized spacial score (nSPS) is 13.6. The van der Waals surface area contributed by atoms with Gasteiger partial charge in [-0.05, 0) is 67.3 Å². The molecule has 332 valence electrons. The van der Waals surface area contributed by atoms with Crippen molar-refractivity contribution in [3.8, 4) is 28.3 Å². The number of hydrogen-bond acceptors (Lipinski definition) is 7. The lowest BCUT2D eigenvalue weighted by molar-refractivity contribution is -0.128. The fourth-order valence-corrected chi connectivity index (χ4v) is 6.79. The van der Waals surface area contributed by atoms with Crippen molar-refractivity contribution < 1.29 is 24.2 Å². The number of β-amino-alcohol motifs (C(OH)–C–C–N with tert-alkyl or cyclic N) is 1. The van der Waals surface area contributed by atoms with Gasteiger partial charge in [0.1, 0.15) is 11.4 Å². The van der Waals surface area contributed by atoms with Crippen molar-refractivity contribution in [3.63, 3.8) is 0 Å². The Bertz CT molecular complexity index is 1880. The first-order valence-electron chi connectivity index (χ1n) is 21.8. The van der Waals surface area contributed by atoms with Gasteiger partial charge in [-0.3, -0.25) is 19.3 Å². The Morgan fingerprint density at radius 1 is 1.00 bits per heavy atom. The third kappa shape index (κ3) is 14.5. The summed E-state index contributed by atoms with van der Waals surface area (Å²) in [6, 6.07) is 13.5. The number of hydrogen-bond donors (Lipinski definition) is 3. The number of carbonyl (C=O) groups excluding carboxylic acids is 3. The van der Waals surface area contributed by atoms with Crippen LogP contribution in [0.4, 0.5) is 5.69 Å². The molecule has 5 rings (SSSR count). The summed E-state index contributed by atoms with van der Waals surface area (Å²) in [6.45, 7) is 24.6. The van der Waals surface area contributed by atoms with Gasteiger partial charge in [0.25, 0.3) is 11.8 Å². The Balaban J connectivity index is 0.000000751. The molecule has 2 atom stereocenters. The number of likely N-dealkylation sites (N-methyl/N-ethyl adjacent to an activating group) is 1. The van der Waals surface area contributed by atoms with Crippen molar-refractivity contribution in [3.05, 3.63) is 88.4 Å².